The number of amides is 1. The van der Waals surface area contributed by atoms with Crippen LogP contribution < -0.4 is 78.9 Å². The zero-order valence-corrected chi connectivity index (χ0v) is 21.3. The summed E-state index contributed by atoms with van der Waals surface area (Å²) in [5.41, 5.74) is 2.74. The van der Waals surface area contributed by atoms with E-state index in [4.69, 9.17) is 4.74 Å². The molecule has 4 rings (SSSR count). The summed E-state index contributed by atoms with van der Waals surface area (Å²) in [5, 5.41) is 3.51. The normalized spacial score (nSPS) is 11.2. The second kappa shape index (κ2) is 11.1. The van der Waals surface area contributed by atoms with Gasteiger partial charge in [-0.25, -0.2) is 4.98 Å². The van der Waals surface area contributed by atoms with E-state index in [1.54, 1.807) is 13.2 Å². The summed E-state index contributed by atoms with van der Waals surface area (Å²) in [6, 6.07) is 11.5. The Morgan fingerprint density at radius 1 is 1.12 bits per heavy atom. The minimum atomic E-state index is 0. The second-order valence-electron chi connectivity index (χ2n) is 5.32. The molecular weight excluding hydrogens is 435 g/mol. The van der Waals surface area contributed by atoms with Gasteiger partial charge in [-0.15, -0.1) is 0 Å². The number of nitrogens with one attached hydrogen (secondary N) is 2. The molecule has 5 nitrogen and oxygen atoms in total. The fourth-order valence-corrected chi connectivity index (χ4v) is 2.24. The second-order valence-corrected chi connectivity index (χ2v) is 5.32. The van der Waals surface area contributed by atoms with Crippen LogP contribution >= 0.6 is 0 Å². The van der Waals surface area contributed by atoms with Gasteiger partial charge in [0.25, 0.3) is 0 Å². The Labute approximate surface area is 207 Å². The number of pyridine rings is 1. The molecule has 0 saturated heterocycles. The molecule has 2 aromatic heterocycles. The number of para-hydroxylation sites is 1. The summed E-state index contributed by atoms with van der Waals surface area (Å²) >= 11 is 0. The predicted molar refractivity (Wildman–Crippen MR) is 98.0 cm³/mol. The molecule has 1 amide bonds. The van der Waals surface area contributed by atoms with Crippen molar-refractivity contribution in [3.8, 4) is 16.9 Å². The molecule has 126 valence electrons. The summed E-state index contributed by atoms with van der Waals surface area (Å²) in [6.07, 6.45) is 7.00. The number of anilines is 1. The third kappa shape index (κ3) is 5.87. The third-order valence-corrected chi connectivity index (χ3v) is 3.50. The van der Waals surface area contributed by atoms with Crippen LogP contribution in [-0.4, -0.2) is 23.5 Å². The Balaban J connectivity index is 0.000000567. The van der Waals surface area contributed by atoms with Gasteiger partial charge in [-0.05, 0) is 18.2 Å². The zero-order chi connectivity index (χ0) is 16.1. The first-order chi connectivity index (χ1) is 11.3. The molecule has 25 heavy (non-hydrogen) atoms. The molecule has 0 aliphatic heterocycles. The first-order valence-corrected chi connectivity index (χ1v) is 7.65. The summed E-state index contributed by atoms with van der Waals surface area (Å²) in [5.74, 6) is 1.32. The van der Waals surface area contributed by atoms with Gasteiger partial charge in [-0.1, -0.05) is 37.5 Å². The van der Waals surface area contributed by atoms with E-state index in [1.807, 2.05) is 36.5 Å². The average molecular weight is 457 g/mol. The molecular formula is C19H22CsN3O2. The quantitative estimate of drug-likeness (QED) is 0.461. The van der Waals surface area contributed by atoms with Crippen LogP contribution in [0.3, 0.4) is 0 Å². The van der Waals surface area contributed by atoms with Crippen LogP contribution in [0.1, 0.15) is 19.3 Å². The smallest absolute Gasteiger partial charge is 0.496 e. The number of carbonyl (C=O) groups is 1. The van der Waals surface area contributed by atoms with Gasteiger partial charge in [0.15, 0.2) is 0 Å². The largest absolute Gasteiger partial charge is 1.00 e. The molecule has 3 aromatic rings. The topological polar surface area (TPSA) is 67.0 Å². The molecule has 1 aromatic carbocycles. The van der Waals surface area contributed by atoms with Gasteiger partial charge in [0, 0.05) is 22.7 Å². The average Bonchev–Trinajstić information content (AvgIpc) is 3.42. The van der Waals surface area contributed by atoms with Gasteiger partial charge in [-0.3, -0.25) is 4.79 Å². The molecule has 1 saturated carbocycles. The Morgan fingerprint density at radius 3 is 2.48 bits per heavy atom. The van der Waals surface area contributed by atoms with Crippen LogP contribution in [-0.2, 0) is 4.79 Å². The number of hydrogen-bond acceptors (Lipinski definition) is 3. The molecule has 2 heterocycles. The van der Waals surface area contributed by atoms with Crippen LogP contribution in [0.4, 0.5) is 5.82 Å². The Morgan fingerprint density at radius 2 is 1.84 bits per heavy atom. The fourth-order valence-electron chi connectivity index (χ4n) is 2.24. The molecule has 0 radical (unpaired) electrons. The summed E-state index contributed by atoms with van der Waals surface area (Å²) < 4.78 is 5.39. The van der Waals surface area contributed by atoms with Crippen molar-refractivity contribution >= 4 is 23.3 Å². The Hall–Kier alpha value is -0.768. The maximum atomic E-state index is 10.4. The van der Waals surface area contributed by atoms with Gasteiger partial charge in [-0.2, -0.15) is 0 Å². The van der Waals surface area contributed by atoms with Crippen LogP contribution in [0, 0.1) is 7.43 Å². The van der Waals surface area contributed by atoms with E-state index < -0.39 is 0 Å². The Bertz CT molecular complexity index is 813. The molecule has 0 spiro atoms. The van der Waals surface area contributed by atoms with Gasteiger partial charge < -0.3 is 22.5 Å². The van der Waals surface area contributed by atoms with Gasteiger partial charge in [0.05, 0.1) is 7.11 Å². The van der Waals surface area contributed by atoms with Gasteiger partial charge >= 0.3 is 68.9 Å². The molecule has 2 N–H and O–H groups in total. The van der Waals surface area contributed by atoms with Gasteiger partial charge in [0.2, 0.25) is 6.41 Å². The van der Waals surface area contributed by atoms with Crippen molar-refractivity contribution in [2.75, 3.05) is 12.4 Å². The number of aromatic nitrogens is 2. The summed E-state index contributed by atoms with van der Waals surface area (Å²) in [6.45, 7) is 0. The molecule has 0 unspecified atom stereocenters. The third-order valence-electron chi connectivity index (χ3n) is 3.50. The fraction of sp³-hybridized carbons (Fsp3) is 0.211. The van der Waals surface area contributed by atoms with E-state index in [2.05, 4.69) is 15.3 Å². The Kier molecular flexibility index (Phi) is 9.85. The molecule has 1 aliphatic carbocycles. The van der Waals surface area contributed by atoms with E-state index in [9.17, 15) is 4.79 Å². The maximum Gasteiger partial charge on any atom is 1.00 e. The number of nitrogens with zero attached hydrogens (tertiary/aromatic N) is 1. The van der Waals surface area contributed by atoms with E-state index in [0.717, 1.165) is 27.9 Å². The molecule has 6 heteroatoms. The van der Waals surface area contributed by atoms with Crippen molar-refractivity contribution < 1.29 is 78.4 Å². The van der Waals surface area contributed by atoms with Gasteiger partial charge in [0.1, 0.15) is 17.2 Å². The number of aromatic amines is 1. The monoisotopic (exact) mass is 457 g/mol. The number of fused-ring (bicyclic) bond motifs is 1. The van der Waals surface area contributed by atoms with E-state index in [-0.39, 0.29) is 76.3 Å². The number of ether oxygens (including phenoxy) is 1. The van der Waals surface area contributed by atoms with Crippen LogP contribution in [0.25, 0.3) is 22.2 Å². The summed E-state index contributed by atoms with van der Waals surface area (Å²) in [4.78, 5) is 17.9. The van der Waals surface area contributed by atoms with E-state index >= 15 is 0 Å². The van der Waals surface area contributed by atoms with Crippen molar-refractivity contribution in [2.24, 2.45) is 0 Å². The predicted octanol–water partition coefficient (Wildman–Crippen LogP) is 1.43. The first kappa shape index (κ1) is 22.3. The molecule has 1 fully saturated rings. The number of rotatable bonds is 4. The summed E-state index contributed by atoms with van der Waals surface area (Å²) in [7, 11) is 1.65. The van der Waals surface area contributed by atoms with E-state index in [1.165, 1.54) is 19.3 Å². The number of methoxy groups -OCH3 is 1. The van der Waals surface area contributed by atoms with Crippen molar-refractivity contribution in [3.63, 3.8) is 0 Å². The minimum absolute atomic E-state index is 0. The number of carbonyl (C=O) groups excluding carboxylic acids is 1. The molecule has 0 atom stereocenters. The van der Waals surface area contributed by atoms with Crippen molar-refractivity contribution in [3.05, 3.63) is 50.0 Å². The van der Waals surface area contributed by atoms with Crippen molar-refractivity contribution in [1.29, 1.82) is 0 Å². The SMILES string of the molecule is C1CC1.COc1ccccc1-c1c[nH]c2nc(NC=O)ccc12.[CH3-].[Cs+]. The number of benzene rings is 1. The number of H-pyrrole nitrogens is 1. The number of hydrogen-bond donors (Lipinski definition) is 2. The van der Waals surface area contributed by atoms with Crippen LogP contribution in [0.5, 0.6) is 5.75 Å². The van der Waals surface area contributed by atoms with Crippen LogP contribution in [0.15, 0.2) is 42.6 Å². The zero-order valence-electron chi connectivity index (χ0n) is 15.0. The van der Waals surface area contributed by atoms with E-state index in [0.29, 0.717) is 12.2 Å². The van der Waals surface area contributed by atoms with Crippen LogP contribution in [0.2, 0.25) is 0 Å². The minimum Gasteiger partial charge on any atom is -0.496 e. The standard InChI is InChI=1S/C15H13N3O2.C3H6.CH3.Cs/c1-20-13-5-3-2-4-10(13)12-8-16-15-11(12)6-7-14(18-15)17-9-19;1-2-3-1;;/h2-9H,1H3,(H2,16,17,18,19);1-3H2;1H3;/q;;-1;+1. The molecule has 0 bridgehead atoms. The molecule has 1 aliphatic rings. The first-order valence-electron chi connectivity index (χ1n) is 7.65. The van der Waals surface area contributed by atoms with Crippen molar-refractivity contribution in [1.82, 2.24) is 9.97 Å². The maximum absolute atomic E-state index is 10.4. The van der Waals surface area contributed by atoms with Crippen molar-refractivity contribution in [2.45, 2.75) is 19.3 Å².